The van der Waals surface area contributed by atoms with Crippen molar-refractivity contribution in [1.29, 1.82) is 0 Å². The fraction of sp³-hybridized carbons (Fsp3) is 0.778. The molecule has 0 aliphatic carbocycles. The van der Waals surface area contributed by atoms with Crippen LogP contribution in [0.3, 0.4) is 0 Å². The molecule has 0 unspecified atom stereocenters. The molecule has 3 heteroatoms. The van der Waals surface area contributed by atoms with Crippen LogP contribution in [0.4, 0.5) is 0 Å². The molecule has 0 saturated carbocycles. The van der Waals surface area contributed by atoms with Crippen LogP contribution < -0.4 is 0 Å². The Bertz CT molecular complexity index is 209. The molecule has 0 spiro atoms. The molecule has 1 aliphatic heterocycles. The Kier molecular flexibility index (Phi) is 2.94. The third-order valence-corrected chi connectivity index (χ3v) is 2.54. The number of aliphatic hydroxyl groups is 1. The Balaban J connectivity index is 2.53. The Hall–Kier alpha value is -0.303. The van der Waals surface area contributed by atoms with E-state index in [0.29, 0.717) is 6.61 Å². The summed E-state index contributed by atoms with van der Waals surface area (Å²) < 4.78 is 5.26. The van der Waals surface area contributed by atoms with E-state index in [-0.39, 0.29) is 12.2 Å². The number of aliphatic hydroxyl groups excluding tert-OH is 1. The van der Waals surface area contributed by atoms with Crippen LogP contribution in [0, 0.1) is 11.5 Å². The van der Waals surface area contributed by atoms with E-state index in [2.05, 4.69) is 31.1 Å². The lowest BCUT2D eigenvalue weighted by atomic mass is 10.2. The van der Waals surface area contributed by atoms with Gasteiger partial charge in [0.1, 0.15) is 14.2 Å². The van der Waals surface area contributed by atoms with Crippen molar-refractivity contribution in [2.45, 2.75) is 38.3 Å². The molecular formula is C9H16O2Si. The van der Waals surface area contributed by atoms with Crippen LogP contribution in [-0.2, 0) is 4.74 Å². The summed E-state index contributed by atoms with van der Waals surface area (Å²) in [7, 11) is -1.31. The zero-order valence-electron chi connectivity index (χ0n) is 7.92. The largest absolute Gasteiger partial charge is 0.389 e. The minimum Gasteiger partial charge on any atom is -0.389 e. The maximum atomic E-state index is 9.37. The molecule has 12 heavy (non-hydrogen) atoms. The van der Waals surface area contributed by atoms with Crippen LogP contribution in [0.5, 0.6) is 0 Å². The topological polar surface area (TPSA) is 29.5 Å². The summed E-state index contributed by atoms with van der Waals surface area (Å²) in [6.07, 6.45) is 0.135. The Morgan fingerprint density at radius 1 is 1.42 bits per heavy atom. The number of rotatable bonds is 0. The van der Waals surface area contributed by atoms with Crippen molar-refractivity contribution >= 4 is 8.07 Å². The third kappa shape index (κ3) is 2.98. The summed E-state index contributed by atoms with van der Waals surface area (Å²) in [6.45, 7) is 7.19. The van der Waals surface area contributed by atoms with Gasteiger partial charge in [-0.25, -0.2) is 0 Å². The standard InChI is InChI=1S/C9H16O2Si/c1-12(2,3)7-5-9-8(10)4-6-11-9/h8-10H,4,6H2,1-3H3/t8-,9+/m0/s1. The fourth-order valence-electron chi connectivity index (χ4n) is 1.00. The van der Waals surface area contributed by atoms with Gasteiger partial charge in [0.25, 0.3) is 0 Å². The van der Waals surface area contributed by atoms with Crippen LogP contribution in [0.25, 0.3) is 0 Å². The molecule has 1 rings (SSSR count). The van der Waals surface area contributed by atoms with Gasteiger partial charge in [0.05, 0.1) is 12.7 Å². The highest BCUT2D eigenvalue weighted by Crippen LogP contribution is 2.12. The molecular weight excluding hydrogens is 168 g/mol. The molecule has 1 aliphatic rings. The summed E-state index contributed by atoms with van der Waals surface area (Å²) >= 11 is 0. The highest BCUT2D eigenvalue weighted by molar-refractivity contribution is 6.83. The molecule has 1 saturated heterocycles. The molecule has 0 aromatic rings. The van der Waals surface area contributed by atoms with Crippen LogP contribution >= 0.6 is 0 Å². The third-order valence-electron chi connectivity index (χ3n) is 1.65. The Morgan fingerprint density at radius 2 is 2.08 bits per heavy atom. The van der Waals surface area contributed by atoms with Gasteiger partial charge in [0, 0.05) is 6.42 Å². The maximum absolute atomic E-state index is 9.37. The molecule has 0 amide bonds. The first-order valence-corrected chi connectivity index (χ1v) is 7.81. The molecule has 0 aromatic heterocycles. The van der Waals surface area contributed by atoms with Gasteiger partial charge >= 0.3 is 0 Å². The van der Waals surface area contributed by atoms with Gasteiger partial charge in [-0.1, -0.05) is 25.6 Å². The van der Waals surface area contributed by atoms with E-state index in [4.69, 9.17) is 4.74 Å². The average molecular weight is 184 g/mol. The number of hydrogen-bond donors (Lipinski definition) is 1. The zero-order chi connectivity index (χ0) is 9.19. The van der Waals surface area contributed by atoms with E-state index in [1.54, 1.807) is 0 Å². The van der Waals surface area contributed by atoms with Crippen molar-refractivity contribution < 1.29 is 9.84 Å². The molecule has 68 valence electrons. The van der Waals surface area contributed by atoms with Crippen molar-refractivity contribution in [3.8, 4) is 11.5 Å². The van der Waals surface area contributed by atoms with Gasteiger partial charge in [-0.15, -0.1) is 5.54 Å². The lowest BCUT2D eigenvalue weighted by Crippen LogP contribution is -2.22. The molecule has 2 nitrogen and oxygen atoms in total. The van der Waals surface area contributed by atoms with Gasteiger partial charge < -0.3 is 9.84 Å². The van der Waals surface area contributed by atoms with E-state index < -0.39 is 8.07 Å². The molecule has 0 radical (unpaired) electrons. The molecule has 0 aromatic carbocycles. The monoisotopic (exact) mass is 184 g/mol. The van der Waals surface area contributed by atoms with Crippen LogP contribution in [0.2, 0.25) is 19.6 Å². The van der Waals surface area contributed by atoms with Crippen LogP contribution in [0.15, 0.2) is 0 Å². The molecule has 2 atom stereocenters. The number of hydrogen-bond acceptors (Lipinski definition) is 2. The first-order valence-electron chi connectivity index (χ1n) is 4.31. The van der Waals surface area contributed by atoms with E-state index in [0.717, 1.165) is 6.42 Å². The van der Waals surface area contributed by atoms with Crippen LogP contribution in [-0.4, -0.2) is 32.0 Å². The van der Waals surface area contributed by atoms with Crippen LogP contribution in [0.1, 0.15) is 6.42 Å². The van der Waals surface area contributed by atoms with E-state index in [1.807, 2.05) is 0 Å². The predicted octanol–water partition coefficient (Wildman–Crippen LogP) is 1.02. The molecule has 1 heterocycles. The molecule has 1 N–H and O–H groups in total. The van der Waals surface area contributed by atoms with Gasteiger partial charge in [-0.3, -0.25) is 0 Å². The molecule has 0 bridgehead atoms. The first kappa shape index (κ1) is 9.78. The van der Waals surface area contributed by atoms with Crippen molar-refractivity contribution in [1.82, 2.24) is 0 Å². The summed E-state index contributed by atoms with van der Waals surface area (Å²) in [5, 5.41) is 9.37. The normalized spacial score (nSPS) is 29.7. The Morgan fingerprint density at radius 3 is 2.50 bits per heavy atom. The fourth-order valence-corrected chi connectivity index (χ4v) is 1.58. The van der Waals surface area contributed by atoms with Gasteiger partial charge in [-0.05, 0) is 0 Å². The SMILES string of the molecule is C[Si](C)(C)C#C[C@H]1OCC[C@@H]1O. The highest BCUT2D eigenvalue weighted by Gasteiger charge is 2.24. The first-order chi connectivity index (χ1) is 5.49. The van der Waals surface area contributed by atoms with Crippen molar-refractivity contribution in [3.05, 3.63) is 0 Å². The second kappa shape index (κ2) is 3.61. The zero-order valence-corrected chi connectivity index (χ0v) is 8.92. The summed E-state index contributed by atoms with van der Waals surface area (Å²) in [5.41, 5.74) is 3.20. The van der Waals surface area contributed by atoms with E-state index >= 15 is 0 Å². The van der Waals surface area contributed by atoms with Gasteiger partial charge in [0.15, 0.2) is 0 Å². The second-order valence-corrected chi connectivity index (χ2v) is 8.92. The lowest BCUT2D eigenvalue weighted by Gasteiger charge is -2.08. The van der Waals surface area contributed by atoms with E-state index in [9.17, 15) is 5.11 Å². The summed E-state index contributed by atoms with van der Waals surface area (Å²) in [4.78, 5) is 0. The number of ether oxygens (including phenoxy) is 1. The summed E-state index contributed by atoms with van der Waals surface area (Å²) in [5.74, 6) is 3.01. The maximum Gasteiger partial charge on any atom is 0.143 e. The average Bonchev–Trinajstić information content (AvgIpc) is 2.29. The minimum absolute atomic E-state index is 0.225. The van der Waals surface area contributed by atoms with Gasteiger partial charge in [0.2, 0.25) is 0 Å². The van der Waals surface area contributed by atoms with E-state index in [1.165, 1.54) is 0 Å². The second-order valence-electron chi connectivity index (χ2n) is 4.17. The lowest BCUT2D eigenvalue weighted by molar-refractivity contribution is 0.0812. The predicted molar refractivity (Wildman–Crippen MR) is 51.5 cm³/mol. The smallest absolute Gasteiger partial charge is 0.143 e. The quantitative estimate of drug-likeness (QED) is 0.450. The Labute approximate surface area is 74.9 Å². The minimum atomic E-state index is -1.31. The van der Waals surface area contributed by atoms with Gasteiger partial charge in [-0.2, -0.15) is 0 Å². The highest BCUT2D eigenvalue weighted by atomic mass is 28.3. The molecule has 1 fully saturated rings. The van der Waals surface area contributed by atoms with Crippen molar-refractivity contribution in [2.24, 2.45) is 0 Å². The summed E-state index contributed by atoms with van der Waals surface area (Å²) in [6, 6.07) is 0. The van der Waals surface area contributed by atoms with Crippen molar-refractivity contribution in [3.63, 3.8) is 0 Å². The van der Waals surface area contributed by atoms with Crippen molar-refractivity contribution in [2.75, 3.05) is 6.61 Å².